The lowest BCUT2D eigenvalue weighted by molar-refractivity contribution is -0.141. The largest absolute Gasteiger partial charge is 0.464 e. The van der Waals surface area contributed by atoms with Crippen molar-refractivity contribution in [2.45, 2.75) is 20.3 Å². The van der Waals surface area contributed by atoms with Crippen LogP contribution in [0.3, 0.4) is 0 Å². The Bertz CT molecular complexity index is 1450. The smallest absolute Gasteiger partial charge is 0.324 e. The molecular weight excluding hydrogens is 512 g/mol. The first kappa shape index (κ1) is 25.0. The summed E-state index contributed by atoms with van der Waals surface area (Å²) < 4.78 is 7.03. The molecule has 0 atom stereocenters. The number of ether oxygens (including phenoxy) is 1. The minimum Gasteiger partial charge on any atom is -0.464 e. The van der Waals surface area contributed by atoms with Crippen LogP contribution in [-0.2, 0) is 16.0 Å². The fourth-order valence-corrected chi connectivity index (χ4v) is 5.34. The Morgan fingerprint density at radius 3 is 2.68 bits per heavy atom. The highest BCUT2D eigenvalue weighted by molar-refractivity contribution is 7.14. The van der Waals surface area contributed by atoms with Crippen molar-refractivity contribution in [2.24, 2.45) is 0 Å². The molecule has 9 nitrogen and oxygen atoms in total. The third-order valence-electron chi connectivity index (χ3n) is 6.29. The maximum atomic E-state index is 13.0. The van der Waals surface area contributed by atoms with Crippen LogP contribution in [-0.4, -0.2) is 64.6 Å². The number of urea groups is 1. The maximum absolute atomic E-state index is 13.0. The van der Waals surface area contributed by atoms with Crippen molar-refractivity contribution < 1.29 is 14.3 Å². The van der Waals surface area contributed by atoms with Crippen molar-refractivity contribution in [2.75, 3.05) is 43.1 Å². The van der Waals surface area contributed by atoms with E-state index >= 15 is 0 Å². The Labute approximate surface area is 223 Å². The van der Waals surface area contributed by atoms with Gasteiger partial charge in [-0.3, -0.25) is 14.1 Å². The number of fused-ring (bicyclic) bond motifs is 1. The van der Waals surface area contributed by atoms with E-state index in [1.165, 1.54) is 6.92 Å². The van der Waals surface area contributed by atoms with Crippen LogP contribution >= 0.6 is 22.9 Å². The second kappa shape index (κ2) is 10.4. The third kappa shape index (κ3) is 4.99. The summed E-state index contributed by atoms with van der Waals surface area (Å²) in [7, 11) is 1.98. The first-order valence-corrected chi connectivity index (χ1v) is 13.3. The van der Waals surface area contributed by atoms with E-state index < -0.39 is 0 Å². The number of benzene rings is 1. The number of carbonyl (C=O) groups excluding carboxylic acids is 2. The number of hydrogen-bond acceptors (Lipinski definition) is 7. The van der Waals surface area contributed by atoms with Crippen LogP contribution in [0.4, 0.5) is 21.4 Å². The number of anilines is 3. The highest BCUT2D eigenvalue weighted by Crippen LogP contribution is 2.35. The molecule has 4 heterocycles. The number of thiazole rings is 1. The van der Waals surface area contributed by atoms with Crippen molar-refractivity contribution in [3.63, 3.8) is 0 Å². The topological polar surface area (TPSA) is 83.3 Å². The van der Waals surface area contributed by atoms with Crippen molar-refractivity contribution >= 4 is 57.2 Å². The van der Waals surface area contributed by atoms with Crippen molar-refractivity contribution in [3.05, 3.63) is 58.7 Å². The number of aryl methyl sites for hydroxylation is 1. The van der Waals surface area contributed by atoms with E-state index in [0.717, 1.165) is 45.7 Å². The third-order valence-corrected chi connectivity index (χ3v) is 7.46. The minimum atomic E-state index is -0.349. The zero-order valence-corrected chi connectivity index (χ0v) is 22.4. The van der Waals surface area contributed by atoms with Crippen molar-refractivity contribution in [1.29, 1.82) is 0 Å². The number of imidazole rings is 1. The van der Waals surface area contributed by atoms with Crippen LogP contribution in [0, 0.1) is 0 Å². The fraction of sp³-hybridized carbons (Fsp3) is 0.308. The Morgan fingerprint density at radius 2 is 1.95 bits per heavy atom. The molecule has 11 heteroatoms. The molecule has 192 valence electrons. The number of pyridine rings is 1. The van der Waals surface area contributed by atoms with Gasteiger partial charge in [-0.05, 0) is 30.7 Å². The molecule has 0 spiro atoms. The average Bonchev–Trinajstić information content (AvgIpc) is 3.61. The molecule has 1 aliphatic rings. The first-order valence-electron chi connectivity index (χ1n) is 12.0. The van der Waals surface area contributed by atoms with Gasteiger partial charge >= 0.3 is 12.0 Å². The van der Waals surface area contributed by atoms with E-state index in [0.29, 0.717) is 24.7 Å². The fourth-order valence-electron chi connectivity index (χ4n) is 4.41. The Kier molecular flexibility index (Phi) is 7.03. The summed E-state index contributed by atoms with van der Waals surface area (Å²) in [5, 5.41) is 3.55. The molecule has 0 N–H and O–H groups in total. The monoisotopic (exact) mass is 538 g/mol. The molecular formula is C26H27ClN6O3S. The first-order chi connectivity index (χ1) is 17.9. The standard InChI is InChI=1S/C26H27ClN6O3S/c1-4-21-24(30(3)25-29-22(16-37-25)18-5-7-19(27)8-6-18)33-15-20(9-10-23(33)28-21)32-12-11-31(26(32)35)13-14-36-17(2)34/h5-10,15-16H,4,11-14H2,1-3H3. The van der Waals surface area contributed by atoms with E-state index in [2.05, 4.69) is 6.92 Å². The number of carbonyl (C=O) groups is 2. The molecule has 5 rings (SSSR count). The van der Waals surface area contributed by atoms with E-state index in [1.807, 2.05) is 64.3 Å². The number of halogens is 1. The highest BCUT2D eigenvalue weighted by atomic mass is 35.5. The van der Waals surface area contributed by atoms with Gasteiger partial charge in [0.2, 0.25) is 0 Å². The molecule has 0 unspecified atom stereocenters. The molecule has 0 bridgehead atoms. The number of amides is 2. The van der Waals surface area contributed by atoms with E-state index in [-0.39, 0.29) is 18.6 Å². The number of nitrogens with zero attached hydrogens (tertiary/aromatic N) is 6. The Morgan fingerprint density at radius 1 is 1.16 bits per heavy atom. The van der Waals surface area contributed by atoms with Crippen molar-refractivity contribution in [1.82, 2.24) is 19.3 Å². The molecule has 1 fully saturated rings. The second-order valence-corrected chi connectivity index (χ2v) is 9.97. The van der Waals surface area contributed by atoms with Crippen LogP contribution in [0.15, 0.2) is 48.0 Å². The van der Waals surface area contributed by atoms with Gasteiger partial charge in [-0.15, -0.1) is 11.3 Å². The molecule has 37 heavy (non-hydrogen) atoms. The zero-order valence-electron chi connectivity index (χ0n) is 20.8. The van der Waals surface area contributed by atoms with E-state index in [4.69, 9.17) is 26.3 Å². The molecule has 0 radical (unpaired) electrons. The molecule has 1 aromatic carbocycles. The van der Waals surface area contributed by atoms with Gasteiger partial charge in [0.15, 0.2) is 5.13 Å². The van der Waals surface area contributed by atoms with Gasteiger partial charge in [0.05, 0.1) is 23.6 Å². The highest BCUT2D eigenvalue weighted by Gasteiger charge is 2.30. The van der Waals surface area contributed by atoms with Crippen molar-refractivity contribution in [3.8, 4) is 11.3 Å². The lowest BCUT2D eigenvalue weighted by Crippen LogP contribution is -2.34. The Balaban J connectivity index is 1.43. The van der Waals surface area contributed by atoms with Gasteiger partial charge in [0.25, 0.3) is 0 Å². The summed E-state index contributed by atoms with van der Waals surface area (Å²) in [5.74, 6) is 0.563. The summed E-state index contributed by atoms with van der Waals surface area (Å²) >= 11 is 7.60. The van der Waals surface area contributed by atoms with Crippen LogP contribution in [0.1, 0.15) is 19.5 Å². The van der Waals surface area contributed by atoms with Gasteiger partial charge in [0, 0.05) is 49.2 Å². The molecule has 0 saturated carbocycles. The minimum absolute atomic E-state index is 0.107. The van der Waals surface area contributed by atoms with Crippen LogP contribution < -0.4 is 9.80 Å². The van der Waals surface area contributed by atoms with Crippen LogP contribution in [0.25, 0.3) is 16.9 Å². The van der Waals surface area contributed by atoms with Gasteiger partial charge in [-0.2, -0.15) is 0 Å². The van der Waals surface area contributed by atoms with Gasteiger partial charge in [0.1, 0.15) is 18.1 Å². The SMILES string of the molecule is CCc1nc2ccc(N3CCN(CCOC(C)=O)C3=O)cn2c1N(C)c1nc(-c2ccc(Cl)cc2)cs1. The summed E-state index contributed by atoms with van der Waals surface area (Å²) in [4.78, 5) is 39.3. The maximum Gasteiger partial charge on any atom is 0.324 e. The molecule has 1 saturated heterocycles. The van der Waals surface area contributed by atoms with Crippen LogP contribution in [0.5, 0.6) is 0 Å². The lowest BCUT2D eigenvalue weighted by Gasteiger charge is -2.20. The molecule has 4 aromatic rings. The Hall–Kier alpha value is -3.63. The quantitative estimate of drug-likeness (QED) is 0.285. The van der Waals surface area contributed by atoms with E-state index in [9.17, 15) is 9.59 Å². The number of aromatic nitrogens is 3. The van der Waals surface area contributed by atoms with Gasteiger partial charge in [-0.1, -0.05) is 30.7 Å². The van der Waals surface area contributed by atoms with Gasteiger partial charge in [-0.25, -0.2) is 14.8 Å². The lowest BCUT2D eigenvalue weighted by atomic mass is 10.2. The average molecular weight is 539 g/mol. The molecule has 0 aliphatic carbocycles. The predicted octanol–water partition coefficient (Wildman–Crippen LogP) is 5.25. The summed E-state index contributed by atoms with van der Waals surface area (Å²) in [6, 6.07) is 11.4. The molecule has 3 aromatic heterocycles. The number of esters is 1. The normalized spacial score (nSPS) is 13.6. The summed E-state index contributed by atoms with van der Waals surface area (Å²) in [6.07, 6.45) is 2.70. The summed E-state index contributed by atoms with van der Waals surface area (Å²) in [5.41, 5.74) is 4.41. The summed E-state index contributed by atoms with van der Waals surface area (Å²) in [6.45, 7) is 5.13. The van der Waals surface area contributed by atoms with Crippen LogP contribution in [0.2, 0.25) is 5.02 Å². The number of hydrogen-bond donors (Lipinski definition) is 0. The zero-order chi connectivity index (χ0) is 26.1. The number of rotatable bonds is 8. The second-order valence-electron chi connectivity index (χ2n) is 8.69. The molecule has 2 amide bonds. The molecule has 1 aliphatic heterocycles. The predicted molar refractivity (Wildman–Crippen MR) is 146 cm³/mol. The van der Waals surface area contributed by atoms with Gasteiger partial charge < -0.3 is 14.5 Å². The van der Waals surface area contributed by atoms with E-state index in [1.54, 1.807) is 21.1 Å².